The van der Waals surface area contributed by atoms with Gasteiger partial charge < -0.3 is 10.5 Å². The first-order valence-corrected chi connectivity index (χ1v) is 5.42. The van der Waals surface area contributed by atoms with Crippen molar-refractivity contribution in [2.24, 2.45) is 5.73 Å². The fourth-order valence-corrected chi connectivity index (χ4v) is 1.90. The summed E-state index contributed by atoms with van der Waals surface area (Å²) in [5, 5.41) is 0. The van der Waals surface area contributed by atoms with Crippen molar-refractivity contribution in [3.63, 3.8) is 0 Å². The van der Waals surface area contributed by atoms with Crippen molar-refractivity contribution in [3.8, 4) is 0 Å². The summed E-state index contributed by atoms with van der Waals surface area (Å²) in [7, 11) is 0. The minimum atomic E-state index is -0.0490. The molecule has 1 saturated carbocycles. The third-order valence-electron chi connectivity index (χ3n) is 2.51. The molecule has 1 rings (SSSR count). The Morgan fingerprint density at radius 2 is 1.69 bits per heavy atom. The van der Waals surface area contributed by atoms with Gasteiger partial charge in [-0.2, -0.15) is 0 Å². The molecule has 2 heteroatoms. The molecule has 0 aliphatic heterocycles. The van der Waals surface area contributed by atoms with E-state index in [9.17, 15) is 0 Å². The average molecular weight is 185 g/mol. The van der Waals surface area contributed by atoms with Crippen molar-refractivity contribution in [2.45, 2.75) is 70.6 Å². The molecule has 0 heterocycles. The van der Waals surface area contributed by atoms with E-state index in [1.54, 1.807) is 0 Å². The first-order valence-electron chi connectivity index (χ1n) is 5.42. The molecule has 1 fully saturated rings. The molecule has 0 aromatic carbocycles. The summed E-state index contributed by atoms with van der Waals surface area (Å²) in [6, 6.07) is 0.252. The molecule has 0 spiro atoms. The highest BCUT2D eigenvalue weighted by molar-refractivity contribution is 4.79. The van der Waals surface area contributed by atoms with Gasteiger partial charge in [0.05, 0.1) is 11.7 Å². The molecule has 2 N–H and O–H groups in total. The van der Waals surface area contributed by atoms with Gasteiger partial charge in [0.1, 0.15) is 0 Å². The summed E-state index contributed by atoms with van der Waals surface area (Å²) in [5.74, 6) is 0. The number of rotatable bonds is 1. The second-order valence-electron chi connectivity index (χ2n) is 5.07. The highest BCUT2D eigenvalue weighted by Crippen LogP contribution is 2.23. The molecule has 0 bridgehead atoms. The molecule has 0 aromatic heterocycles. The van der Waals surface area contributed by atoms with Crippen molar-refractivity contribution in [1.82, 2.24) is 0 Å². The monoisotopic (exact) mass is 185 g/mol. The topological polar surface area (TPSA) is 35.2 Å². The molecule has 0 radical (unpaired) electrons. The molecule has 2 atom stereocenters. The Bertz CT molecular complexity index is 151. The van der Waals surface area contributed by atoms with E-state index in [1.165, 1.54) is 19.3 Å². The van der Waals surface area contributed by atoms with Gasteiger partial charge in [0, 0.05) is 6.04 Å². The second kappa shape index (κ2) is 4.43. The lowest BCUT2D eigenvalue weighted by molar-refractivity contribution is -0.0722. The maximum atomic E-state index is 6.06. The molecule has 0 saturated heterocycles. The van der Waals surface area contributed by atoms with Crippen LogP contribution in [-0.4, -0.2) is 17.7 Å². The minimum absolute atomic E-state index is 0.0490. The summed E-state index contributed by atoms with van der Waals surface area (Å²) < 4.78 is 5.95. The second-order valence-corrected chi connectivity index (χ2v) is 5.07. The van der Waals surface area contributed by atoms with Gasteiger partial charge in [-0.25, -0.2) is 0 Å². The molecule has 1 aliphatic rings. The predicted octanol–water partition coefficient (Wildman–Crippen LogP) is 2.46. The lowest BCUT2D eigenvalue weighted by Gasteiger charge is -2.30. The van der Waals surface area contributed by atoms with Gasteiger partial charge >= 0.3 is 0 Å². The maximum absolute atomic E-state index is 6.06. The highest BCUT2D eigenvalue weighted by atomic mass is 16.5. The van der Waals surface area contributed by atoms with Crippen LogP contribution in [0.15, 0.2) is 0 Å². The van der Waals surface area contributed by atoms with Crippen molar-refractivity contribution in [2.75, 3.05) is 0 Å². The lowest BCUT2D eigenvalue weighted by Crippen LogP contribution is -2.40. The van der Waals surface area contributed by atoms with Gasteiger partial charge in [0.15, 0.2) is 0 Å². The number of hydrogen-bond acceptors (Lipinski definition) is 2. The van der Waals surface area contributed by atoms with Gasteiger partial charge in [-0.05, 0) is 33.6 Å². The van der Waals surface area contributed by atoms with Crippen molar-refractivity contribution in [1.29, 1.82) is 0 Å². The van der Waals surface area contributed by atoms with Crippen molar-refractivity contribution < 1.29 is 4.74 Å². The lowest BCUT2D eigenvalue weighted by atomic mass is 10.1. The van der Waals surface area contributed by atoms with Crippen LogP contribution in [0, 0.1) is 0 Å². The molecule has 13 heavy (non-hydrogen) atoms. The standard InChI is InChI=1S/C11H23NO/c1-11(2,3)13-10-8-6-4-5-7-9(10)12/h9-10H,4-8,12H2,1-3H3. The average Bonchev–Trinajstić information content (AvgIpc) is 2.14. The van der Waals surface area contributed by atoms with Gasteiger partial charge in [0.25, 0.3) is 0 Å². The summed E-state index contributed by atoms with van der Waals surface area (Å²) in [5.41, 5.74) is 6.01. The Morgan fingerprint density at radius 1 is 1.08 bits per heavy atom. The molecule has 78 valence electrons. The predicted molar refractivity (Wildman–Crippen MR) is 55.7 cm³/mol. The van der Waals surface area contributed by atoms with Crippen LogP contribution < -0.4 is 5.73 Å². The van der Waals surface area contributed by atoms with Crippen LogP contribution in [0.1, 0.15) is 52.9 Å². The first kappa shape index (κ1) is 11.0. The normalized spacial score (nSPS) is 31.4. The third-order valence-corrected chi connectivity index (χ3v) is 2.51. The fraction of sp³-hybridized carbons (Fsp3) is 1.00. The molecular formula is C11H23NO. The van der Waals surface area contributed by atoms with Crippen LogP contribution in [-0.2, 0) is 4.74 Å². The molecule has 1 aliphatic carbocycles. The zero-order chi connectivity index (χ0) is 9.90. The smallest absolute Gasteiger partial charge is 0.0733 e. The Hall–Kier alpha value is -0.0800. The Balaban J connectivity index is 2.45. The number of nitrogens with two attached hydrogens (primary N) is 1. The van der Waals surface area contributed by atoms with E-state index in [-0.39, 0.29) is 17.7 Å². The van der Waals surface area contributed by atoms with Crippen LogP contribution >= 0.6 is 0 Å². The summed E-state index contributed by atoms with van der Waals surface area (Å²) in [6.45, 7) is 6.31. The van der Waals surface area contributed by atoms with Crippen LogP contribution in [0.4, 0.5) is 0 Å². The van der Waals surface area contributed by atoms with E-state index < -0.39 is 0 Å². The van der Waals surface area contributed by atoms with Gasteiger partial charge in [-0.15, -0.1) is 0 Å². The molecular weight excluding hydrogens is 162 g/mol. The number of ether oxygens (including phenoxy) is 1. The van der Waals surface area contributed by atoms with Crippen molar-refractivity contribution >= 4 is 0 Å². The van der Waals surface area contributed by atoms with E-state index in [2.05, 4.69) is 20.8 Å². The van der Waals surface area contributed by atoms with Crippen LogP contribution in [0.25, 0.3) is 0 Å². The summed E-state index contributed by atoms with van der Waals surface area (Å²) in [4.78, 5) is 0. The van der Waals surface area contributed by atoms with Crippen LogP contribution in [0.3, 0.4) is 0 Å². The molecule has 2 unspecified atom stereocenters. The van der Waals surface area contributed by atoms with Gasteiger partial charge in [-0.1, -0.05) is 19.3 Å². The van der Waals surface area contributed by atoms with Crippen LogP contribution in [0.2, 0.25) is 0 Å². The minimum Gasteiger partial charge on any atom is -0.371 e. The zero-order valence-electron chi connectivity index (χ0n) is 9.18. The van der Waals surface area contributed by atoms with Gasteiger partial charge in [0.2, 0.25) is 0 Å². The zero-order valence-corrected chi connectivity index (χ0v) is 9.18. The Kier molecular flexibility index (Phi) is 3.74. The number of hydrogen-bond donors (Lipinski definition) is 1. The van der Waals surface area contributed by atoms with Crippen LogP contribution in [0.5, 0.6) is 0 Å². The Labute approximate surface area is 81.8 Å². The quantitative estimate of drug-likeness (QED) is 0.637. The van der Waals surface area contributed by atoms with E-state index in [0.717, 1.165) is 12.8 Å². The van der Waals surface area contributed by atoms with Crippen molar-refractivity contribution in [3.05, 3.63) is 0 Å². The molecule has 0 amide bonds. The molecule has 0 aromatic rings. The SMILES string of the molecule is CC(C)(C)OC1CCCCCC1N. The van der Waals surface area contributed by atoms with E-state index in [4.69, 9.17) is 10.5 Å². The largest absolute Gasteiger partial charge is 0.371 e. The molecule has 2 nitrogen and oxygen atoms in total. The van der Waals surface area contributed by atoms with E-state index in [1.807, 2.05) is 0 Å². The van der Waals surface area contributed by atoms with E-state index in [0.29, 0.717) is 0 Å². The first-order chi connectivity index (χ1) is 5.99. The Morgan fingerprint density at radius 3 is 2.31 bits per heavy atom. The maximum Gasteiger partial charge on any atom is 0.0733 e. The summed E-state index contributed by atoms with van der Waals surface area (Å²) >= 11 is 0. The van der Waals surface area contributed by atoms with E-state index >= 15 is 0 Å². The van der Waals surface area contributed by atoms with Gasteiger partial charge in [-0.3, -0.25) is 0 Å². The third kappa shape index (κ3) is 4.10. The fourth-order valence-electron chi connectivity index (χ4n) is 1.90. The summed E-state index contributed by atoms with van der Waals surface area (Å²) in [6.07, 6.45) is 6.40. The highest BCUT2D eigenvalue weighted by Gasteiger charge is 2.25.